The predicted molar refractivity (Wildman–Crippen MR) is 80.6 cm³/mol. The molecule has 0 spiro atoms. The highest BCUT2D eigenvalue weighted by molar-refractivity contribution is 7.99. The van der Waals surface area contributed by atoms with Crippen LogP contribution in [0.2, 0.25) is 0 Å². The Morgan fingerprint density at radius 1 is 1.30 bits per heavy atom. The third kappa shape index (κ3) is 3.34. The number of nitrogens with zero attached hydrogens (tertiary/aromatic N) is 4. The second-order valence-corrected chi connectivity index (χ2v) is 7.17. The largest absolute Gasteiger partial charge is 0.315 e. The van der Waals surface area contributed by atoms with Gasteiger partial charge in [0.1, 0.15) is 0 Å². The number of thioether (sulfide) groups is 1. The van der Waals surface area contributed by atoms with Crippen LogP contribution in [0.25, 0.3) is 0 Å². The van der Waals surface area contributed by atoms with E-state index in [1.165, 1.54) is 37.9 Å². The van der Waals surface area contributed by atoms with Crippen molar-refractivity contribution in [2.45, 2.75) is 50.7 Å². The second kappa shape index (κ2) is 6.89. The van der Waals surface area contributed by atoms with Gasteiger partial charge in [0, 0.05) is 12.3 Å². The highest BCUT2D eigenvalue weighted by atomic mass is 32.2. The fraction of sp³-hybridized carbons (Fsp3) is 0.929. The maximum Gasteiger partial charge on any atom is 0.209 e. The van der Waals surface area contributed by atoms with Crippen LogP contribution in [-0.4, -0.2) is 39.0 Å². The summed E-state index contributed by atoms with van der Waals surface area (Å²) in [6.07, 6.45) is 7.03. The lowest BCUT2D eigenvalue weighted by Crippen LogP contribution is -2.21. The molecule has 2 aliphatic rings. The Hall–Kier alpha value is -0.620. The van der Waals surface area contributed by atoms with Crippen molar-refractivity contribution >= 4 is 11.8 Å². The smallest absolute Gasteiger partial charge is 0.209 e. The number of hydrogen-bond donors (Lipinski definition) is 1. The van der Waals surface area contributed by atoms with Crippen LogP contribution in [0.15, 0.2) is 5.16 Å². The van der Waals surface area contributed by atoms with Gasteiger partial charge in [0.25, 0.3) is 0 Å². The van der Waals surface area contributed by atoms with Gasteiger partial charge in [0.15, 0.2) is 0 Å². The first-order valence-corrected chi connectivity index (χ1v) is 8.95. The molecule has 3 unspecified atom stereocenters. The van der Waals surface area contributed by atoms with Crippen LogP contribution < -0.4 is 5.32 Å². The van der Waals surface area contributed by atoms with E-state index in [-0.39, 0.29) is 0 Å². The lowest BCUT2D eigenvalue weighted by atomic mass is 9.90. The van der Waals surface area contributed by atoms with Crippen LogP contribution in [0.5, 0.6) is 0 Å². The molecule has 0 aliphatic heterocycles. The van der Waals surface area contributed by atoms with Crippen LogP contribution in [0.4, 0.5) is 0 Å². The average molecular weight is 295 g/mol. The Bertz CT molecular complexity index is 421. The first kappa shape index (κ1) is 14.3. The van der Waals surface area contributed by atoms with Crippen molar-refractivity contribution in [1.82, 2.24) is 25.5 Å². The molecule has 0 amide bonds. The summed E-state index contributed by atoms with van der Waals surface area (Å²) >= 11 is 1.85. The molecule has 2 fully saturated rings. The minimum atomic E-state index is 0.867. The molecule has 1 aromatic heterocycles. The van der Waals surface area contributed by atoms with Crippen LogP contribution in [0.3, 0.4) is 0 Å². The standard InChI is InChI=1S/C14H25N5S/c1-2-5-15-6-7-19-14(16-17-18-19)20-10-13-9-11-3-4-12(13)8-11/h11-13,15H,2-10H2,1H3. The molecule has 3 rings (SSSR count). The fourth-order valence-corrected chi connectivity index (χ4v) is 4.83. The zero-order chi connectivity index (χ0) is 13.8. The quantitative estimate of drug-likeness (QED) is 0.588. The maximum atomic E-state index is 4.18. The number of fused-ring (bicyclic) bond motifs is 2. The molecule has 1 heterocycles. The molecule has 5 nitrogen and oxygen atoms in total. The molecule has 112 valence electrons. The maximum absolute atomic E-state index is 4.18. The lowest BCUT2D eigenvalue weighted by Gasteiger charge is -2.20. The normalized spacial score (nSPS) is 28.4. The van der Waals surface area contributed by atoms with E-state index in [0.717, 1.165) is 42.5 Å². The molecule has 3 atom stereocenters. The molecular formula is C14H25N5S. The highest BCUT2D eigenvalue weighted by Gasteiger charge is 2.39. The molecule has 2 bridgehead atoms. The number of aromatic nitrogens is 4. The molecule has 2 aliphatic carbocycles. The zero-order valence-electron chi connectivity index (χ0n) is 12.3. The third-order valence-corrected chi connectivity index (χ3v) is 5.88. The van der Waals surface area contributed by atoms with Crippen molar-refractivity contribution in [2.24, 2.45) is 17.8 Å². The first-order valence-electron chi connectivity index (χ1n) is 7.96. The summed E-state index contributed by atoms with van der Waals surface area (Å²) in [5.74, 6) is 4.12. The van der Waals surface area contributed by atoms with Gasteiger partial charge >= 0.3 is 0 Å². The number of nitrogens with one attached hydrogen (secondary N) is 1. The van der Waals surface area contributed by atoms with Crippen molar-refractivity contribution in [3.63, 3.8) is 0 Å². The van der Waals surface area contributed by atoms with Crippen molar-refractivity contribution in [1.29, 1.82) is 0 Å². The Labute approximate surface area is 125 Å². The lowest BCUT2D eigenvalue weighted by molar-refractivity contribution is 0.365. The van der Waals surface area contributed by atoms with Crippen LogP contribution >= 0.6 is 11.8 Å². The van der Waals surface area contributed by atoms with Gasteiger partial charge in [0.2, 0.25) is 5.16 Å². The number of hydrogen-bond acceptors (Lipinski definition) is 5. The summed E-state index contributed by atoms with van der Waals surface area (Å²) in [5.41, 5.74) is 0. The van der Waals surface area contributed by atoms with Gasteiger partial charge in [-0.2, -0.15) is 0 Å². The van der Waals surface area contributed by atoms with Gasteiger partial charge in [-0.25, -0.2) is 4.68 Å². The van der Waals surface area contributed by atoms with Gasteiger partial charge < -0.3 is 5.32 Å². The molecule has 20 heavy (non-hydrogen) atoms. The van der Waals surface area contributed by atoms with E-state index in [1.807, 2.05) is 16.4 Å². The molecular weight excluding hydrogens is 270 g/mol. The molecule has 0 radical (unpaired) electrons. The van der Waals surface area contributed by atoms with Crippen LogP contribution in [-0.2, 0) is 6.54 Å². The molecule has 6 heteroatoms. The summed E-state index contributed by atoms with van der Waals surface area (Å²) < 4.78 is 1.94. The van der Waals surface area contributed by atoms with Crippen molar-refractivity contribution < 1.29 is 0 Å². The minimum Gasteiger partial charge on any atom is -0.315 e. The van der Waals surface area contributed by atoms with Gasteiger partial charge in [-0.1, -0.05) is 25.1 Å². The summed E-state index contributed by atoms with van der Waals surface area (Å²) in [5, 5.41) is 16.5. The monoisotopic (exact) mass is 295 g/mol. The van der Waals surface area contributed by atoms with Crippen molar-refractivity contribution in [2.75, 3.05) is 18.8 Å². The van der Waals surface area contributed by atoms with Gasteiger partial charge in [-0.3, -0.25) is 0 Å². The van der Waals surface area contributed by atoms with Crippen LogP contribution in [0, 0.1) is 17.8 Å². The second-order valence-electron chi connectivity index (χ2n) is 6.18. The SMILES string of the molecule is CCCNCCn1nnnc1SCC1CC2CCC1C2. The Kier molecular flexibility index (Phi) is 4.94. The first-order chi connectivity index (χ1) is 9.86. The topological polar surface area (TPSA) is 55.6 Å². The molecule has 2 saturated carbocycles. The van der Waals surface area contributed by atoms with Gasteiger partial charge in [-0.15, -0.1) is 5.10 Å². The number of tetrazole rings is 1. The van der Waals surface area contributed by atoms with E-state index in [0.29, 0.717) is 0 Å². The molecule has 1 N–H and O–H groups in total. The van der Waals surface area contributed by atoms with E-state index in [4.69, 9.17) is 0 Å². The van der Waals surface area contributed by atoms with Gasteiger partial charge in [-0.05, 0) is 60.4 Å². The summed E-state index contributed by atoms with van der Waals surface area (Å²) in [4.78, 5) is 0. The Morgan fingerprint density at radius 3 is 3.00 bits per heavy atom. The summed E-state index contributed by atoms with van der Waals surface area (Å²) in [6.45, 7) is 5.06. The number of rotatable bonds is 8. The third-order valence-electron chi connectivity index (χ3n) is 4.74. The Balaban J connectivity index is 1.44. The molecule has 0 saturated heterocycles. The van der Waals surface area contributed by atoms with Crippen molar-refractivity contribution in [3.8, 4) is 0 Å². The van der Waals surface area contributed by atoms with E-state index < -0.39 is 0 Å². The summed E-state index contributed by atoms with van der Waals surface area (Å²) in [7, 11) is 0. The average Bonchev–Trinajstić information content (AvgIpc) is 3.17. The van der Waals surface area contributed by atoms with E-state index >= 15 is 0 Å². The molecule has 0 aromatic carbocycles. The predicted octanol–water partition coefficient (Wildman–Crippen LogP) is 2.20. The van der Waals surface area contributed by atoms with E-state index in [2.05, 4.69) is 27.8 Å². The van der Waals surface area contributed by atoms with E-state index in [9.17, 15) is 0 Å². The Morgan fingerprint density at radius 2 is 2.25 bits per heavy atom. The minimum absolute atomic E-state index is 0.867. The van der Waals surface area contributed by atoms with Crippen LogP contribution in [0.1, 0.15) is 39.0 Å². The molecule has 1 aromatic rings. The van der Waals surface area contributed by atoms with Gasteiger partial charge in [0.05, 0.1) is 6.54 Å². The zero-order valence-corrected chi connectivity index (χ0v) is 13.1. The highest BCUT2D eigenvalue weighted by Crippen LogP contribution is 2.49. The summed E-state index contributed by atoms with van der Waals surface area (Å²) in [6, 6.07) is 0. The fourth-order valence-electron chi connectivity index (χ4n) is 3.69. The van der Waals surface area contributed by atoms with Crippen molar-refractivity contribution in [3.05, 3.63) is 0 Å². The van der Waals surface area contributed by atoms with E-state index in [1.54, 1.807) is 0 Å².